The Kier molecular flexibility index (Phi) is 5.68. The molecule has 29 heavy (non-hydrogen) atoms. The van der Waals surface area contributed by atoms with Gasteiger partial charge in [-0.1, -0.05) is 54.6 Å². The van der Waals surface area contributed by atoms with Crippen LogP contribution < -0.4 is 9.47 Å². The van der Waals surface area contributed by atoms with Crippen molar-refractivity contribution in [2.75, 3.05) is 27.9 Å². The molecule has 3 nitrogen and oxygen atoms in total. The summed E-state index contributed by atoms with van der Waals surface area (Å²) in [5, 5.41) is 4.70. The van der Waals surface area contributed by atoms with Crippen LogP contribution in [0.3, 0.4) is 0 Å². The minimum absolute atomic E-state index is 0.725. The highest BCUT2D eigenvalue weighted by Gasteiger charge is 2.21. The van der Waals surface area contributed by atoms with Crippen LogP contribution in [0.2, 0.25) is 0 Å². The second kappa shape index (κ2) is 8.54. The molecule has 4 aromatic carbocycles. The molecule has 0 aliphatic carbocycles. The van der Waals surface area contributed by atoms with Gasteiger partial charge in [0.1, 0.15) is 11.5 Å². The highest BCUT2D eigenvalue weighted by atomic mass is 16.5. The van der Waals surface area contributed by atoms with Crippen molar-refractivity contribution in [3.8, 4) is 22.6 Å². The van der Waals surface area contributed by atoms with Gasteiger partial charge in [-0.05, 0) is 52.1 Å². The largest absolute Gasteiger partial charge is 0.496 e. The predicted octanol–water partition coefficient (Wildman–Crippen LogP) is 6.26. The molecule has 0 spiro atoms. The van der Waals surface area contributed by atoms with Crippen molar-refractivity contribution in [3.05, 3.63) is 72.3 Å². The van der Waals surface area contributed by atoms with Crippen LogP contribution in [0.15, 0.2) is 66.7 Å². The quantitative estimate of drug-likeness (QED) is 0.351. The number of rotatable bonds is 7. The number of hydrogen-bond donors (Lipinski definition) is 0. The van der Waals surface area contributed by atoms with Crippen LogP contribution in [-0.4, -0.2) is 27.9 Å². The summed E-state index contributed by atoms with van der Waals surface area (Å²) in [5.74, 6) is 1.76. The van der Waals surface area contributed by atoms with Crippen LogP contribution in [0, 0.1) is 0 Å². The van der Waals surface area contributed by atoms with Gasteiger partial charge in [-0.15, -0.1) is 0 Å². The maximum absolute atomic E-state index is 6.02. The minimum atomic E-state index is 0.725. The maximum atomic E-state index is 6.02. The van der Waals surface area contributed by atoms with Gasteiger partial charge in [0.25, 0.3) is 0 Å². The first-order chi connectivity index (χ1) is 14.3. The highest BCUT2D eigenvalue weighted by Crippen LogP contribution is 2.47. The molecule has 3 heteroatoms. The van der Waals surface area contributed by atoms with E-state index in [-0.39, 0.29) is 0 Å². The van der Waals surface area contributed by atoms with E-state index in [0.29, 0.717) is 0 Å². The zero-order chi connectivity index (χ0) is 20.2. The van der Waals surface area contributed by atoms with Crippen molar-refractivity contribution in [1.29, 1.82) is 0 Å². The van der Waals surface area contributed by atoms with E-state index in [0.717, 1.165) is 52.8 Å². The van der Waals surface area contributed by atoms with Crippen molar-refractivity contribution in [1.82, 2.24) is 0 Å². The Bertz CT molecular complexity index is 1150. The van der Waals surface area contributed by atoms with Crippen LogP contribution in [-0.2, 0) is 11.2 Å². The first-order valence-corrected chi connectivity index (χ1v) is 9.92. The van der Waals surface area contributed by atoms with Gasteiger partial charge in [0.05, 0.1) is 14.2 Å². The van der Waals surface area contributed by atoms with E-state index in [9.17, 15) is 0 Å². The van der Waals surface area contributed by atoms with Crippen molar-refractivity contribution in [2.45, 2.75) is 12.8 Å². The SMILES string of the molecule is COCCCc1cc2ccccc2c(-c2c(OC)ccc3ccccc23)c1OC. The molecule has 0 saturated carbocycles. The number of ether oxygens (including phenoxy) is 3. The lowest BCUT2D eigenvalue weighted by Crippen LogP contribution is -2.00. The fourth-order valence-electron chi connectivity index (χ4n) is 4.14. The van der Waals surface area contributed by atoms with Crippen molar-refractivity contribution < 1.29 is 14.2 Å². The maximum Gasteiger partial charge on any atom is 0.130 e. The molecule has 0 radical (unpaired) electrons. The second-order valence-corrected chi connectivity index (χ2v) is 7.13. The molecule has 148 valence electrons. The van der Waals surface area contributed by atoms with Crippen molar-refractivity contribution in [3.63, 3.8) is 0 Å². The van der Waals surface area contributed by atoms with Crippen LogP contribution in [0.5, 0.6) is 11.5 Å². The third-order valence-electron chi connectivity index (χ3n) is 5.44. The van der Waals surface area contributed by atoms with E-state index < -0.39 is 0 Å². The van der Waals surface area contributed by atoms with Crippen molar-refractivity contribution in [2.24, 2.45) is 0 Å². The molecule has 0 amide bonds. The Labute approximate surface area is 171 Å². The first-order valence-electron chi connectivity index (χ1n) is 9.92. The third-order valence-corrected chi connectivity index (χ3v) is 5.44. The van der Waals surface area contributed by atoms with E-state index in [2.05, 4.69) is 60.7 Å². The van der Waals surface area contributed by atoms with E-state index in [1.165, 1.54) is 16.3 Å². The Morgan fingerprint density at radius 1 is 0.690 bits per heavy atom. The van der Waals surface area contributed by atoms with Crippen LogP contribution in [0.4, 0.5) is 0 Å². The summed E-state index contributed by atoms with van der Waals surface area (Å²) in [6, 6.07) is 23.3. The molecule has 4 aromatic rings. The Balaban J connectivity index is 2.09. The van der Waals surface area contributed by atoms with E-state index in [1.807, 2.05) is 6.07 Å². The molecular weight excluding hydrogens is 360 g/mol. The number of hydrogen-bond acceptors (Lipinski definition) is 3. The fourth-order valence-corrected chi connectivity index (χ4v) is 4.14. The molecule has 0 bridgehead atoms. The number of fused-ring (bicyclic) bond motifs is 2. The molecule has 0 N–H and O–H groups in total. The minimum Gasteiger partial charge on any atom is -0.496 e. The average molecular weight is 386 g/mol. The molecule has 4 rings (SSSR count). The summed E-state index contributed by atoms with van der Waals surface area (Å²) in [7, 11) is 5.22. The van der Waals surface area contributed by atoms with Gasteiger partial charge < -0.3 is 14.2 Å². The Morgan fingerprint density at radius 2 is 1.38 bits per heavy atom. The number of methoxy groups -OCH3 is 3. The number of benzene rings is 4. The van der Waals surface area contributed by atoms with Gasteiger partial charge in [-0.3, -0.25) is 0 Å². The summed E-state index contributed by atoms with van der Waals surface area (Å²) in [6.07, 6.45) is 1.83. The Morgan fingerprint density at radius 3 is 2.07 bits per heavy atom. The lowest BCUT2D eigenvalue weighted by Gasteiger charge is -2.20. The lowest BCUT2D eigenvalue weighted by molar-refractivity contribution is 0.195. The molecule has 0 atom stereocenters. The molecule has 0 aliphatic heterocycles. The summed E-state index contributed by atoms with van der Waals surface area (Å²) in [5.41, 5.74) is 3.35. The molecule has 0 fully saturated rings. The number of aryl methyl sites for hydroxylation is 1. The Hall–Kier alpha value is -3.04. The second-order valence-electron chi connectivity index (χ2n) is 7.13. The monoisotopic (exact) mass is 386 g/mol. The van der Waals surface area contributed by atoms with Crippen LogP contribution in [0.25, 0.3) is 32.7 Å². The van der Waals surface area contributed by atoms with Gasteiger partial charge in [-0.2, -0.15) is 0 Å². The molecule has 0 unspecified atom stereocenters. The summed E-state index contributed by atoms with van der Waals surface area (Å²) >= 11 is 0. The van der Waals surface area contributed by atoms with E-state index in [4.69, 9.17) is 14.2 Å². The molecule has 0 heterocycles. The molecular formula is C26H26O3. The van der Waals surface area contributed by atoms with Gasteiger partial charge >= 0.3 is 0 Å². The normalized spacial score (nSPS) is 11.1. The summed E-state index contributed by atoms with van der Waals surface area (Å²) < 4.78 is 17.1. The molecule has 0 aliphatic rings. The van der Waals surface area contributed by atoms with Crippen LogP contribution >= 0.6 is 0 Å². The molecule has 0 saturated heterocycles. The van der Waals surface area contributed by atoms with Gasteiger partial charge in [0.15, 0.2) is 0 Å². The van der Waals surface area contributed by atoms with E-state index >= 15 is 0 Å². The van der Waals surface area contributed by atoms with Gasteiger partial charge in [0.2, 0.25) is 0 Å². The fraction of sp³-hybridized carbons (Fsp3) is 0.231. The van der Waals surface area contributed by atoms with Crippen molar-refractivity contribution >= 4 is 21.5 Å². The first kappa shape index (κ1) is 19.3. The third kappa shape index (κ3) is 3.54. The smallest absolute Gasteiger partial charge is 0.130 e. The van der Waals surface area contributed by atoms with Gasteiger partial charge in [0, 0.05) is 24.8 Å². The topological polar surface area (TPSA) is 27.7 Å². The zero-order valence-corrected chi connectivity index (χ0v) is 17.2. The lowest BCUT2D eigenvalue weighted by atomic mass is 9.89. The van der Waals surface area contributed by atoms with Crippen LogP contribution in [0.1, 0.15) is 12.0 Å². The average Bonchev–Trinajstić information content (AvgIpc) is 2.77. The zero-order valence-electron chi connectivity index (χ0n) is 17.2. The van der Waals surface area contributed by atoms with Gasteiger partial charge in [-0.25, -0.2) is 0 Å². The van der Waals surface area contributed by atoms with E-state index in [1.54, 1.807) is 21.3 Å². The summed E-state index contributed by atoms with van der Waals surface area (Å²) in [6.45, 7) is 0.725. The molecule has 0 aromatic heterocycles. The standard InChI is InChI=1S/C26H26O3/c1-27-16-8-11-20-17-19-10-5-7-13-22(19)25(26(20)29-3)24-21-12-6-4-9-18(21)14-15-23(24)28-2/h4-7,9-10,12-15,17H,8,11,16H2,1-3H3. The summed E-state index contributed by atoms with van der Waals surface area (Å²) in [4.78, 5) is 0. The highest BCUT2D eigenvalue weighted by molar-refractivity contribution is 6.10. The predicted molar refractivity (Wildman–Crippen MR) is 120 cm³/mol.